The van der Waals surface area contributed by atoms with E-state index in [4.69, 9.17) is 20.5 Å². The van der Waals surface area contributed by atoms with Crippen molar-refractivity contribution in [3.8, 4) is 11.6 Å². The fourth-order valence-electron chi connectivity index (χ4n) is 1.09. The molecule has 4 nitrogen and oxygen atoms in total. The predicted molar refractivity (Wildman–Crippen MR) is 51.0 cm³/mol. The molecule has 74 valence electrons. The number of hydrogen-bond donors (Lipinski definition) is 0. The molecule has 2 rings (SSSR count). The Hall–Kier alpha value is -1.29. The summed E-state index contributed by atoms with van der Waals surface area (Å²) in [6, 6.07) is 1.84. The molecule has 0 N–H and O–H groups in total. The highest BCUT2D eigenvalue weighted by Crippen LogP contribution is 2.24. The SMILES string of the molecule is Cc1ccoc1-c1noc(C(C)Cl)n1. The van der Waals surface area contributed by atoms with Gasteiger partial charge in [0.1, 0.15) is 5.38 Å². The number of alkyl halides is 1. The molecular weight excluding hydrogens is 204 g/mol. The maximum absolute atomic E-state index is 5.79. The van der Waals surface area contributed by atoms with Gasteiger partial charge >= 0.3 is 0 Å². The number of furan rings is 1. The van der Waals surface area contributed by atoms with Gasteiger partial charge in [0.15, 0.2) is 5.76 Å². The molecule has 0 aliphatic rings. The second-order valence-electron chi connectivity index (χ2n) is 3.00. The fourth-order valence-corrected chi connectivity index (χ4v) is 1.18. The molecule has 14 heavy (non-hydrogen) atoms. The van der Waals surface area contributed by atoms with Crippen molar-refractivity contribution in [1.29, 1.82) is 0 Å². The minimum absolute atomic E-state index is 0.286. The van der Waals surface area contributed by atoms with Crippen LogP contribution in [0.3, 0.4) is 0 Å². The zero-order valence-corrected chi connectivity index (χ0v) is 8.58. The van der Waals surface area contributed by atoms with Crippen molar-refractivity contribution in [2.75, 3.05) is 0 Å². The molecule has 0 spiro atoms. The van der Waals surface area contributed by atoms with Crippen LogP contribution < -0.4 is 0 Å². The summed E-state index contributed by atoms with van der Waals surface area (Å²) in [5.74, 6) is 1.46. The Kier molecular flexibility index (Phi) is 2.29. The minimum atomic E-state index is -0.286. The Balaban J connectivity index is 2.39. The summed E-state index contributed by atoms with van der Waals surface area (Å²) in [7, 11) is 0. The monoisotopic (exact) mass is 212 g/mol. The second-order valence-corrected chi connectivity index (χ2v) is 3.66. The van der Waals surface area contributed by atoms with E-state index in [1.807, 2.05) is 13.0 Å². The van der Waals surface area contributed by atoms with Gasteiger partial charge in [-0.05, 0) is 25.5 Å². The van der Waals surface area contributed by atoms with Crippen molar-refractivity contribution in [2.45, 2.75) is 19.2 Å². The summed E-state index contributed by atoms with van der Waals surface area (Å²) < 4.78 is 10.2. The van der Waals surface area contributed by atoms with E-state index in [0.29, 0.717) is 17.5 Å². The van der Waals surface area contributed by atoms with Gasteiger partial charge in [-0.1, -0.05) is 5.16 Å². The van der Waals surface area contributed by atoms with Crippen LogP contribution in [-0.2, 0) is 0 Å². The van der Waals surface area contributed by atoms with Crippen LogP contribution in [0, 0.1) is 6.92 Å². The quantitative estimate of drug-likeness (QED) is 0.719. The number of aromatic nitrogens is 2. The fraction of sp³-hybridized carbons (Fsp3) is 0.333. The van der Waals surface area contributed by atoms with Gasteiger partial charge in [-0.2, -0.15) is 4.98 Å². The van der Waals surface area contributed by atoms with Crippen molar-refractivity contribution in [3.63, 3.8) is 0 Å². The Bertz CT molecular complexity index is 433. The van der Waals surface area contributed by atoms with Gasteiger partial charge in [0.2, 0.25) is 11.7 Å². The third-order valence-electron chi connectivity index (χ3n) is 1.85. The maximum atomic E-state index is 5.79. The van der Waals surface area contributed by atoms with Gasteiger partial charge in [-0.3, -0.25) is 0 Å². The van der Waals surface area contributed by atoms with E-state index in [1.165, 1.54) is 0 Å². The normalized spacial score (nSPS) is 13.1. The van der Waals surface area contributed by atoms with Gasteiger partial charge in [0.05, 0.1) is 6.26 Å². The summed E-state index contributed by atoms with van der Waals surface area (Å²) in [5.41, 5.74) is 0.972. The van der Waals surface area contributed by atoms with E-state index in [-0.39, 0.29) is 5.38 Å². The van der Waals surface area contributed by atoms with E-state index in [2.05, 4.69) is 10.1 Å². The average molecular weight is 213 g/mol. The van der Waals surface area contributed by atoms with Gasteiger partial charge in [0.25, 0.3) is 0 Å². The first kappa shape index (κ1) is 9.27. The van der Waals surface area contributed by atoms with Crippen LogP contribution in [0.15, 0.2) is 21.3 Å². The van der Waals surface area contributed by atoms with E-state index in [1.54, 1.807) is 13.2 Å². The van der Waals surface area contributed by atoms with Crippen molar-refractivity contribution in [2.24, 2.45) is 0 Å². The first-order valence-electron chi connectivity index (χ1n) is 4.20. The third kappa shape index (κ3) is 1.53. The molecule has 0 fully saturated rings. The number of rotatable bonds is 2. The lowest BCUT2D eigenvalue weighted by atomic mass is 10.3. The van der Waals surface area contributed by atoms with E-state index < -0.39 is 0 Å². The Morgan fingerprint density at radius 3 is 2.79 bits per heavy atom. The van der Waals surface area contributed by atoms with Crippen molar-refractivity contribution in [3.05, 3.63) is 23.8 Å². The van der Waals surface area contributed by atoms with E-state index in [9.17, 15) is 0 Å². The lowest BCUT2D eigenvalue weighted by Crippen LogP contribution is -1.84. The van der Waals surface area contributed by atoms with Crippen LogP contribution in [0.5, 0.6) is 0 Å². The highest BCUT2D eigenvalue weighted by atomic mass is 35.5. The molecule has 2 aromatic rings. The van der Waals surface area contributed by atoms with Crippen LogP contribution in [0.4, 0.5) is 0 Å². The molecule has 0 bridgehead atoms. The second kappa shape index (κ2) is 3.46. The molecule has 1 unspecified atom stereocenters. The summed E-state index contributed by atoms with van der Waals surface area (Å²) in [6.45, 7) is 3.69. The molecule has 0 aromatic carbocycles. The number of nitrogens with zero attached hydrogens (tertiary/aromatic N) is 2. The topological polar surface area (TPSA) is 52.1 Å². The zero-order chi connectivity index (χ0) is 10.1. The molecule has 2 aromatic heterocycles. The standard InChI is InChI=1S/C9H9ClN2O2/c1-5-3-4-13-7(5)8-11-9(6(2)10)14-12-8/h3-4,6H,1-2H3. The van der Waals surface area contributed by atoms with Gasteiger partial charge in [-0.25, -0.2) is 0 Å². The Labute approximate surface area is 85.9 Å². The molecule has 2 heterocycles. The largest absolute Gasteiger partial charge is 0.461 e. The van der Waals surface area contributed by atoms with Crippen molar-refractivity contribution < 1.29 is 8.94 Å². The molecular formula is C9H9ClN2O2. The van der Waals surface area contributed by atoms with Crippen LogP contribution in [0.25, 0.3) is 11.6 Å². The molecule has 0 saturated heterocycles. The lowest BCUT2D eigenvalue weighted by molar-refractivity contribution is 0.378. The number of hydrogen-bond acceptors (Lipinski definition) is 4. The predicted octanol–water partition coefficient (Wildman–Crippen LogP) is 2.94. The molecule has 1 atom stereocenters. The molecule has 5 heteroatoms. The van der Waals surface area contributed by atoms with Crippen molar-refractivity contribution >= 4 is 11.6 Å². The molecule has 0 aliphatic carbocycles. The van der Waals surface area contributed by atoms with Gasteiger partial charge < -0.3 is 8.94 Å². The Morgan fingerprint density at radius 2 is 2.29 bits per heavy atom. The van der Waals surface area contributed by atoms with Crippen molar-refractivity contribution in [1.82, 2.24) is 10.1 Å². The summed E-state index contributed by atoms with van der Waals surface area (Å²) in [6.07, 6.45) is 1.59. The molecule has 0 radical (unpaired) electrons. The lowest BCUT2D eigenvalue weighted by Gasteiger charge is -1.90. The highest BCUT2D eigenvalue weighted by molar-refractivity contribution is 6.20. The number of aryl methyl sites for hydroxylation is 1. The first-order chi connectivity index (χ1) is 6.68. The molecule has 0 saturated carbocycles. The highest BCUT2D eigenvalue weighted by Gasteiger charge is 2.16. The Morgan fingerprint density at radius 1 is 1.50 bits per heavy atom. The average Bonchev–Trinajstić information content (AvgIpc) is 2.71. The minimum Gasteiger partial charge on any atom is -0.461 e. The summed E-state index contributed by atoms with van der Waals surface area (Å²) in [4.78, 5) is 4.11. The first-order valence-corrected chi connectivity index (χ1v) is 4.64. The smallest absolute Gasteiger partial charge is 0.244 e. The maximum Gasteiger partial charge on any atom is 0.244 e. The summed E-state index contributed by atoms with van der Waals surface area (Å²) in [5, 5.41) is 3.49. The third-order valence-corrected chi connectivity index (χ3v) is 2.03. The summed E-state index contributed by atoms with van der Waals surface area (Å²) >= 11 is 5.79. The van der Waals surface area contributed by atoms with Crippen LogP contribution in [-0.4, -0.2) is 10.1 Å². The van der Waals surface area contributed by atoms with Crippen LogP contribution >= 0.6 is 11.6 Å². The van der Waals surface area contributed by atoms with Gasteiger partial charge in [0, 0.05) is 0 Å². The van der Waals surface area contributed by atoms with E-state index in [0.717, 1.165) is 5.56 Å². The van der Waals surface area contributed by atoms with Gasteiger partial charge in [-0.15, -0.1) is 11.6 Å². The van der Waals surface area contributed by atoms with Crippen LogP contribution in [0.1, 0.15) is 23.8 Å². The zero-order valence-electron chi connectivity index (χ0n) is 7.82. The molecule has 0 amide bonds. The van der Waals surface area contributed by atoms with E-state index >= 15 is 0 Å². The molecule has 0 aliphatic heterocycles. The van der Waals surface area contributed by atoms with Crippen LogP contribution in [0.2, 0.25) is 0 Å². The number of halogens is 1.